The number of furan rings is 1. The minimum Gasteiger partial charge on any atom is -0.459 e. The van der Waals surface area contributed by atoms with Crippen LogP contribution in [0, 0.1) is 0 Å². The molecule has 1 amide bonds. The average Bonchev–Trinajstić information content (AvgIpc) is 3.18. The predicted molar refractivity (Wildman–Crippen MR) is 88.1 cm³/mol. The molecule has 1 aliphatic rings. The molecule has 0 saturated carbocycles. The van der Waals surface area contributed by atoms with Gasteiger partial charge in [-0.15, -0.1) is 0 Å². The zero-order valence-corrected chi connectivity index (χ0v) is 13.5. The summed E-state index contributed by atoms with van der Waals surface area (Å²) < 4.78 is 5.16. The van der Waals surface area contributed by atoms with Crippen molar-refractivity contribution in [3.8, 4) is 0 Å². The Morgan fingerprint density at radius 3 is 2.73 bits per heavy atom. The molecule has 3 heterocycles. The third kappa shape index (κ3) is 3.78. The minimum absolute atomic E-state index is 0.139. The zero-order valence-electron chi connectivity index (χ0n) is 12.7. The van der Waals surface area contributed by atoms with Crippen LogP contribution < -0.4 is 5.32 Å². The third-order valence-corrected chi connectivity index (χ3v) is 4.91. The van der Waals surface area contributed by atoms with Crippen molar-refractivity contribution in [2.75, 3.05) is 19.6 Å². The highest BCUT2D eigenvalue weighted by atomic mass is 32.1. The maximum atomic E-state index is 12.1. The van der Waals surface area contributed by atoms with Crippen LogP contribution in [0.2, 0.25) is 0 Å². The van der Waals surface area contributed by atoms with E-state index in [1.54, 1.807) is 23.5 Å². The molecule has 1 N–H and O–H groups in total. The fraction of sp³-hybridized carbons (Fsp3) is 0.471. The van der Waals surface area contributed by atoms with Gasteiger partial charge in [0, 0.05) is 6.54 Å². The Balaban J connectivity index is 1.67. The highest BCUT2D eigenvalue weighted by Crippen LogP contribution is 2.25. The number of nitrogens with one attached hydrogen (secondary N) is 1. The summed E-state index contributed by atoms with van der Waals surface area (Å²) in [7, 11) is 0. The van der Waals surface area contributed by atoms with Gasteiger partial charge in [0.15, 0.2) is 5.76 Å². The normalized spacial score (nSPS) is 17.8. The molecular weight excluding hydrogens is 296 g/mol. The monoisotopic (exact) mass is 318 g/mol. The molecule has 1 aliphatic heterocycles. The Hall–Kier alpha value is -1.59. The quantitative estimate of drug-likeness (QED) is 0.914. The predicted octanol–water partition coefficient (Wildman–Crippen LogP) is 3.69. The number of hydrogen-bond acceptors (Lipinski definition) is 4. The van der Waals surface area contributed by atoms with Crippen LogP contribution in [-0.2, 0) is 0 Å². The molecule has 2 aromatic rings. The van der Waals surface area contributed by atoms with Gasteiger partial charge in [0.05, 0.1) is 12.3 Å². The lowest BCUT2D eigenvalue weighted by Gasteiger charge is -2.30. The molecule has 0 aliphatic carbocycles. The number of hydrogen-bond donors (Lipinski definition) is 1. The number of carbonyl (C=O) groups is 1. The van der Waals surface area contributed by atoms with E-state index in [0.717, 1.165) is 13.1 Å². The lowest BCUT2D eigenvalue weighted by atomic mass is 10.1. The van der Waals surface area contributed by atoms with Gasteiger partial charge in [-0.05, 0) is 60.5 Å². The lowest BCUT2D eigenvalue weighted by Crippen LogP contribution is -2.38. The second kappa shape index (κ2) is 7.61. The van der Waals surface area contributed by atoms with Crippen LogP contribution in [0.15, 0.2) is 39.6 Å². The van der Waals surface area contributed by atoms with Gasteiger partial charge >= 0.3 is 0 Å². The zero-order chi connectivity index (χ0) is 15.2. The SMILES string of the molecule is O=C(NC[C@@H](c1ccsc1)N1CCCCCC1)c1ccco1. The highest BCUT2D eigenvalue weighted by Gasteiger charge is 2.23. The second-order valence-electron chi connectivity index (χ2n) is 5.71. The van der Waals surface area contributed by atoms with Gasteiger partial charge in [-0.2, -0.15) is 11.3 Å². The van der Waals surface area contributed by atoms with Crippen molar-refractivity contribution in [3.05, 3.63) is 46.5 Å². The smallest absolute Gasteiger partial charge is 0.287 e. The van der Waals surface area contributed by atoms with E-state index in [4.69, 9.17) is 4.42 Å². The van der Waals surface area contributed by atoms with Crippen LogP contribution in [0.25, 0.3) is 0 Å². The van der Waals surface area contributed by atoms with E-state index in [2.05, 4.69) is 27.0 Å². The second-order valence-corrected chi connectivity index (χ2v) is 6.49. The summed E-state index contributed by atoms with van der Waals surface area (Å²) in [6, 6.07) is 5.85. The summed E-state index contributed by atoms with van der Waals surface area (Å²) in [4.78, 5) is 14.6. The molecule has 0 radical (unpaired) electrons. The molecule has 3 rings (SSSR count). The Morgan fingerprint density at radius 2 is 2.09 bits per heavy atom. The number of likely N-dealkylation sites (tertiary alicyclic amines) is 1. The molecule has 0 spiro atoms. The fourth-order valence-corrected chi connectivity index (χ4v) is 3.72. The van der Waals surface area contributed by atoms with Gasteiger partial charge < -0.3 is 9.73 Å². The Kier molecular flexibility index (Phi) is 5.29. The van der Waals surface area contributed by atoms with Gasteiger partial charge in [-0.25, -0.2) is 0 Å². The molecule has 118 valence electrons. The van der Waals surface area contributed by atoms with Crippen LogP contribution in [0.1, 0.15) is 47.8 Å². The van der Waals surface area contributed by atoms with Gasteiger partial charge in [0.25, 0.3) is 5.91 Å². The van der Waals surface area contributed by atoms with Gasteiger partial charge in [-0.3, -0.25) is 9.69 Å². The first-order valence-electron chi connectivity index (χ1n) is 7.92. The van der Waals surface area contributed by atoms with Gasteiger partial charge in [0.2, 0.25) is 0 Å². The first-order chi connectivity index (χ1) is 10.8. The van der Waals surface area contributed by atoms with E-state index in [-0.39, 0.29) is 11.9 Å². The molecule has 2 aromatic heterocycles. The van der Waals surface area contributed by atoms with Crippen LogP contribution in [0.4, 0.5) is 0 Å². The van der Waals surface area contributed by atoms with Crippen molar-refractivity contribution >= 4 is 17.2 Å². The first-order valence-corrected chi connectivity index (χ1v) is 8.87. The minimum atomic E-state index is -0.139. The third-order valence-electron chi connectivity index (χ3n) is 4.21. The van der Waals surface area contributed by atoms with Crippen molar-refractivity contribution in [2.24, 2.45) is 0 Å². The Bertz CT molecular complexity index is 558. The van der Waals surface area contributed by atoms with E-state index in [0.29, 0.717) is 12.3 Å². The van der Waals surface area contributed by atoms with E-state index in [1.807, 2.05) is 0 Å². The van der Waals surface area contributed by atoms with Gasteiger partial charge in [0.1, 0.15) is 0 Å². The standard InChI is InChI=1S/C17H22N2O2S/c20-17(16-6-5-10-21-16)18-12-15(14-7-11-22-13-14)19-8-3-1-2-4-9-19/h5-7,10-11,13,15H,1-4,8-9,12H2,(H,18,20)/t15-/m0/s1. The summed E-state index contributed by atoms with van der Waals surface area (Å²) in [5.41, 5.74) is 1.30. The van der Waals surface area contributed by atoms with Crippen LogP contribution in [0.3, 0.4) is 0 Å². The number of amides is 1. The van der Waals surface area contributed by atoms with E-state index in [1.165, 1.54) is 37.5 Å². The fourth-order valence-electron chi connectivity index (χ4n) is 3.01. The van der Waals surface area contributed by atoms with E-state index >= 15 is 0 Å². The number of thiophene rings is 1. The number of carbonyl (C=O) groups excluding carboxylic acids is 1. The van der Waals surface area contributed by atoms with Crippen molar-refractivity contribution in [3.63, 3.8) is 0 Å². The molecule has 1 atom stereocenters. The van der Waals surface area contributed by atoms with E-state index in [9.17, 15) is 4.79 Å². The van der Waals surface area contributed by atoms with Crippen molar-refractivity contribution in [2.45, 2.75) is 31.7 Å². The molecular formula is C17H22N2O2S. The molecule has 5 heteroatoms. The maximum Gasteiger partial charge on any atom is 0.287 e. The van der Waals surface area contributed by atoms with E-state index < -0.39 is 0 Å². The molecule has 1 saturated heterocycles. The largest absolute Gasteiger partial charge is 0.459 e. The summed E-state index contributed by atoms with van der Waals surface area (Å²) in [5.74, 6) is 0.236. The molecule has 0 aromatic carbocycles. The number of nitrogens with zero attached hydrogens (tertiary/aromatic N) is 1. The summed E-state index contributed by atoms with van der Waals surface area (Å²) in [6.07, 6.45) is 6.64. The molecule has 22 heavy (non-hydrogen) atoms. The summed E-state index contributed by atoms with van der Waals surface area (Å²) in [5, 5.41) is 7.32. The lowest BCUT2D eigenvalue weighted by molar-refractivity contribution is 0.0905. The topological polar surface area (TPSA) is 45.5 Å². The van der Waals surface area contributed by atoms with Crippen LogP contribution >= 0.6 is 11.3 Å². The summed E-state index contributed by atoms with van der Waals surface area (Å²) >= 11 is 1.71. The van der Waals surface area contributed by atoms with Crippen molar-refractivity contribution in [1.29, 1.82) is 0 Å². The maximum absolute atomic E-state index is 12.1. The summed E-state index contributed by atoms with van der Waals surface area (Å²) in [6.45, 7) is 2.84. The molecule has 0 bridgehead atoms. The van der Waals surface area contributed by atoms with Crippen LogP contribution in [-0.4, -0.2) is 30.4 Å². The van der Waals surface area contributed by atoms with Gasteiger partial charge in [-0.1, -0.05) is 12.8 Å². The van der Waals surface area contributed by atoms with Crippen molar-refractivity contribution < 1.29 is 9.21 Å². The Labute approximate surface area is 135 Å². The first kappa shape index (κ1) is 15.3. The molecule has 0 unspecified atom stereocenters. The molecule has 4 nitrogen and oxygen atoms in total. The van der Waals surface area contributed by atoms with Crippen LogP contribution in [0.5, 0.6) is 0 Å². The average molecular weight is 318 g/mol. The van der Waals surface area contributed by atoms with Crippen molar-refractivity contribution in [1.82, 2.24) is 10.2 Å². The number of rotatable bonds is 5. The molecule has 1 fully saturated rings. The highest BCUT2D eigenvalue weighted by molar-refractivity contribution is 7.07. The Morgan fingerprint density at radius 1 is 1.27 bits per heavy atom.